The molecule has 14 heteroatoms. The average Bonchev–Trinajstić information content (AvgIpc) is 3.30. The third-order valence-electron chi connectivity index (χ3n) is 5.49. The second-order valence-corrected chi connectivity index (χ2v) is 8.57. The highest BCUT2D eigenvalue weighted by Crippen LogP contribution is 2.38. The second kappa shape index (κ2) is 14.4. The van der Waals surface area contributed by atoms with Gasteiger partial charge in [-0.15, -0.1) is 0 Å². The van der Waals surface area contributed by atoms with Crippen molar-refractivity contribution in [3.05, 3.63) is 86.8 Å². The summed E-state index contributed by atoms with van der Waals surface area (Å²) in [6.45, 7) is 8.43. The van der Waals surface area contributed by atoms with Gasteiger partial charge in [-0.05, 0) is 49.7 Å². The molecule has 1 fully saturated rings. The number of alkyl halides is 6. The van der Waals surface area contributed by atoms with Gasteiger partial charge in [0.2, 0.25) is 0 Å². The zero-order chi connectivity index (χ0) is 30.1. The van der Waals surface area contributed by atoms with Gasteiger partial charge in [0.05, 0.1) is 36.9 Å². The van der Waals surface area contributed by atoms with Crippen LogP contribution in [0.15, 0.2) is 47.3 Å². The molecule has 1 aliphatic rings. The van der Waals surface area contributed by atoms with Crippen LogP contribution in [0.4, 0.5) is 30.7 Å². The Labute approximate surface area is 226 Å². The van der Waals surface area contributed by atoms with E-state index in [0.29, 0.717) is 24.5 Å². The number of morpholine rings is 1. The van der Waals surface area contributed by atoms with Gasteiger partial charge in [0.25, 0.3) is 0 Å². The molecule has 222 valence electrons. The summed E-state index contributed by atoms with van der Waals surface area (Å²) in [4.78, 5) is 15.4. The van der Waals surface area contributed by atoms with Crippen molar-refractivity contribution >= 4 is 0 Å². The van der Waals surface area contributed by atoms with E-state index >= 15 is 0 Å². The summed E-state index contributed by atoms with van der Waals surface area (Å²) >= 11 is 0. The maximum Gasteiger partial charge on any atom is 0.416 e. The minimum atomic E-state index is -4.94. The predicted octanol–water partition coefficient (Wildman–Crippen LogP) is 6.23. The number of nitrogens with zero attached hydrogens (tertiary/aromatic N) is 2. The average molecular weight is 581 g/mol. The number of benzene rings is 2. The lowest BCUT2D eigenvalue weighted by Gasteiger charge is -2.33. The van der Waals surface area contributed by atoms with Crippen LogP contribution < -0.4 is 5.69 Å². The fourth-order valence-corrected chi connectivity index (χ4v) is 3.54. The first kappa shape index (κ1) is 33.0. The number of hydrogen-bond acceptors (Lipinski definition) is 5. The molecule has 0 saturated carbocycles. The standard InChI is InChI=1S/C17H18F6N4O3.C7H7F.C2H6/c1-9(10-4-11(16(18,19)20)6-12(5-10)17(21,22)23)30-14-8-27(2-3-29-14)7-13-24-15(28)26-25-13;1-6-2-4-7(8)5-3-6;1-2/h4-6,9,14H,2-3,7-8H2,1H3,(H2,24,25,26,28);2-5H,1H3;1-2H3/t9-,14-;;/m1../s1. The molecule has 2 atom stereocenters. The lowest BCUT2D eigenvalue weighted by atomic mass is 10.0. The highest BCUT2D eigenvalue weighted by molar-refractivity contribution is 5.34. The van der Waals surface area contributed by atoms with Crippen LogP contribution in [0.25, 0.3) is 0 Å². The zero-order valence-electron chi connectivity index (χ0n) is 22.3. The molecule has 2 N–H and O–H groups in total. The van der Waals surface area contributed by atoms with E-state index in [2.05, 4.69) is 15.2 Å². The summed E-state index contributed by atoms with van der Waals surface area (Å²) in [5.41, 5.74) is -2.46. The minimum absolute atomic E-state index is 0.0692. The molecule has 0 radical (unpaired) electrons. The molecule has 3 aromatic rings. The van der Waals surface area contributed by atoms with Crippen LogP contribution in [0.2, 0.25) is 0 Å². The van der Waals surface area contributed by atoms with Crippen LogP contribution in [0.3, 0.4) is 0 Å². The summed E-state index contributed by atoms with van der Waals surface area (Å²) in [5.74, 6) is 0.206. The Balaban J connectivity index is 0.000000475. The van der Waals surface area contributed by atoms with Crippen molar-refractivity contribution in [2.24, 2.45) is 0 Å². The molecule has 2 heterocycles. The number of ether oxygens (including phenoxy) is 2. The van der Waals surface area contributed by atoms with Crippen LogP contribution in [0.5, 0.6) is 0 Å². The zero-order valence-corrected chi connectivity index (χ0v) is 22.3. The Kier molecular flexibility index (Phi) is 11.9. The van der Waals surface area contributed by atoms with E-state index in [1.54, 1.807) is 12.1 Å². The normalized spacial score (nSPS) is 16.8. The largest absolute Gasteiger partial charge is 0.416 e. The topological polar surface area (TPSA) is 83.2 Å². The first-order valence-electron chi connectivity index (χ1n) is 12.3. The molecule has 0 amide bonds. The molecule has 0 aliphatic carbocycles. The van der Waals surface area contributed by atoms with Crippen molar-refractivity contribution in [1.82, 2.24) is 20.1 Å². The van der Waals surface area contributed by atoms with Gasteiger partial charge in [-0.25, -0.2) is 14.3 Å². The molecular formula is C26H31F7N4O3. The molecule has 0 bridgehead atoms. The van der Waals surface area contributed by atoms with Crippen molar-refractivity contribution in [3.63, 3.8) is 0 Å². The van der Waals surface area contributed by atoms with E-state index in [9.17, 15) is 35.5 Å². The Morgan fingerprint density at radius 2 is 1.62 bits per heavy atom. The molecule has 40 heavy (non-hydrogen) atoms. The third-order valence-corrected chi connectivity index (χ3v) is 5.49. The van der Waals surface area contributed by atoms with Crippen LogP contribution in [0, 0.1) is 12.7 Å². The van der Waals surface area contributed by atoms with Crippen molar-refractivity contribution in [3.8, 4) is 0 Å². The van der Waals surface area contributed by atoms with E-state index in [0.717, 1.165) is 5.56 Å². The van der Waals surface area contributed by atoms with E-state index < -0.39 is 41.6 Å². The van der Waals surface area contributed by atoms with Crippen LogP contribution >= 0.6 is 0 Å². The van der Waals surface area contributed by atoms with Gasteiger partial charge in [-0.3, -0.25) is 9.88 Å². The minimum Gasteiger partial charge on any atom is -0.350 e. The van der Waals surface area contributed by atoms with Gasteiger partial charge in [0, 0.05) is 6.54 Å². The van der Waals surface area contributed by atoms with Gasteiger partial charge in [0.1, 0.15) is 11.6 Å². The maximum atomic E-state index is 13.0. The number of aromatic amines is 2. The molecule has 0 spiro atoms. The van der Waals surface area contributed by atoms with E-state index in [4.69, 9.17) is 9.47 Å². The lowest BCUT2D eigenvalue weighted by Crippen LogP contribution is -2.43. The number of hydrogen-bond donors (Lipinski definition) is 2. The van der Waals surface area contributed by atoms with Crippen LogP contribution in [-0.4, -0.2) is 46.1 Å². The van der Waals surface area contributed by atoms with Crippen molar-refractivity contribution in [1.29, 1.82) is 0 Å². The summed E-state index contributed by atoms with van der Waals surface area (Å²) < 4.78 is 101. The van der Waals surface area contributed by atoms with Gasteiger partial charge >= 0.3 is 18.0 Å². The Hall–Kier alpha value is -3.23. The van der Waals surface area contributed by atoms with Crippen LogP contribution in [-0.2, 0) is 28.4 Å². The molecule has 7 nitrogen and oxygen atoms in total. The van der Waals surface area contributed by atoms with Crippen LogP contribution in [0.1, 0.15) is 55.0 Å². The second-order valence-electron chi connectivity index (χ2n) is 8.57. The smallest absolute Gasteiger partial charge is 0.350 e. The first-order valence-corrected chi connectivity index (χ1v) is 12.3. The number of aromatic nitrogens is 3. The number of aryl methyl sites for hydroxylation is 1. The fourth-order valence-electron chi connectivity index (χ4n) is 3.54. The Bertz CT molecular complexity index is 1190. The molecule has 1 aromatic heterocycles. The number of rotatable bonds is 5. The summed E-state index contributed by atoms with van der Waals surface area (Å²) in [6, 6.07) is 7.74. The van der Waals surface area contributed by atoms with Gasteiger partial charge in [-0.2, -0.15) is 31.4 Å². The molecule has 4 rings (SSSR count). The summed E-state index contributed by atoms with van der Waals surface area (Å²) in [7, 11) is 0. The number of halogens is 7. The molecule has 1 saturated heterocycles. The monoisotopic (exact) mass is 580 g/mol. The van der Waals surface area contributed by atoms with Gasteiger partial charge in [0.15, 0.2) is 6.29 Å². The number of nitrogens with one attached hydrogen (secondary N) is 2. The SMILES string of the molecule is CC.C[C@@H](O[C@@H]1CN(Cc2n[nH]c(=O)[nH]2)CCO1)c1cc(C(F)(F)F)cc(C(F)(F)F)c1.Cc1ccc(F)cc1. The van der Waals surface area contributed by atoms with Gasteiger partial charge in [-0.1, -0.05) is 31.5 Å². The Morgan fingerprint density at radius 3 is 2.10 bits per heavy atom. The highest BCUT2D eigenvalue weighted by Gasteiger charge is 2.37. The predicted molar refractivity (Wildman–Crippen MR) is 133 cm³/mol. The van der Waals surface area contributed by atoms with Crippen molar-refractivity contribution < 1.29 is 40.2 Å². The Morgan fingerprint density at radius 1 is 1.05 bits per heavy atom. The molecule has 2 aromatic carbocycles. The summed E-state index contributed by atoms with van der Waals surface area (Å²) in [6.07, 6.45) is -11.9. The highest BCUT2D eigenvalue weighted by atomic mass is 19.4. The molecule has 1 aliphatic heterocycles. The maximum absolute atomic E-state index is 13.0. The van der Waals surface area contributed by atoms with Gasteiger partial charge < -0.3 is 9.47 Å². The van der Waals surface area contributed by atoms with E-state index in [1.807, 2.05) is 25.7 Å². The first-order chi connectivity index (χ1) is 18.7. The molecular weight excluding hydrogens is 549 g/mol. The van der Waals surface area contributed by atoms with Crippen molar-refractivity contribution in [2.75, 3.05) is 19.7 Å². The number of H-pyrrole nitrogens is 2. The fraction of sp³-hybridized carbons (Fsp3) is 0.462. The summed E-state index contributed by atoms with van der Waals surface area (Å²) in [5, 5.41) is 6.00. The van der Waals surface area contributed by atoms with E-state index in [-0.39, 0.29) is 37.1 Å². The molecule has 0 unspecified atom stereocenters. The quantitative estimate of drug-likeness (QED) is 0.350. The third kappa shape index (κ3) is 10.4. The van der Waals surface area contributed by atoms with Crippen molar-refractivity contribution in [2.45, 2.75) is 59.0 Å². The lowest BCUT2D eigenvalue weighted by molar-refractivity contribution is -0.201. The van der Waals surface area contributed by atoms with E-state index in [1.165, 1.54) is 19.1 Å².